The summed E-state index contributed by atoms with van der Waals surface area (Å²) in [5, 5.41) is 14.0. The van der Waals surface area contributed by atoms with E-state index in [0.717, 1.165) is 44.9 Å². The van der Waals surface area contributed by atoms with Crippen LogP contribution in [0.5, 0.6) is 0 Å². The summed E-state index contributed by atoms with van der Waals surface area (Å²) < 4.78 is 23.9. The zero-order valence-electron chi connectivity index (χ0n) is 60.5. The number of amides is 1. The average Bonchev–Trinajstić information content (AvgIpc) is 3.64. The lowest BCUT2D eigenvalue weighted by atomic mass is 10.0. The van der Waals surface area contributed by atoms with E-state index in [-0.39, 0.29) is 19.1 Å². The van der Waals surface area contributed by atoms with Crippen LogP contribution in [-0.4, -0.2) is 73.4 Å². The number of aliphatic hydroxyl groups excluding tert-OH is 1. The maximum absolute atomic E-state index is 13.1. The van der Waals surface area contributed by atoms with Gasteiger partial charge in [0.15, 0.2) is 0 Å². The predicted octanol–water partition coefficient (Wildman–Crippen LogP) is 25.7. The Morgan fingerprint density at radius 2 is 0.652 bits per heavy atom. The first-order valence-corrected chi connectivity index (χ1v) is 41.0. The van der Waals surface area contributed by atoms with E-state index >= 15 is 0 Å². The second kappa shape index (κ2) is 70.8. The Balaban J connectivity index is 3.99. The van der Waals surface area contributed by atoms with E-state index in [0.29, 0.717) is 17.4 Å². The lowest BCUT2D eigenvalue weighted by Crippen LogP contribution is -2.45. The number of nitrogens with one attached hydrogen (secondary N) is 1. The van der Waals surface area contributed by atoms with Crippen molar-refractivity contribution in [1.29, 1.82) is 0 Å². The number of hydrogen-bond donors (Lipinski definition) is 3. The molecule has 0 aliphatic carbocycles. The summed E-state index contributed by atoms with van der Waals surface area (Å²) in [5.74, 6) is -0.179. The van der Waals surface area contributed by atoms with E-state index < -0.39 is 20.0 Å². The van der Waals surface area contributed by atoms with Gasteiger partial charge in [-0.05, 0) is 64.2 Å². The highest BCUT2D eigenvalue weighted by molar-refractivity contribution is 7.47. The highest BCUT2D eigenvalue weighted by Crippen LogP contribution is 2.43. The third kappa shape index (κ3) is 73.7. The fourth-order valence-electron chi connectivity index (χ4n) is 12.2. The highest BCUT2D eigenvalue weighted by Gasteiger charge is 2.28. The zero-order chi connectivity index (χ0) is 64.8. The number of rotatable bonds is 74. The predicted molar refractivity (Wildman–Crippen MR) is 392 cm³/mol. The van der Waals surface area contributed by atoms with Crippen LogP contribution < -0.4 is 5.32 Å². The molecule has 9 heteroatoms. The number of carbonyl (C=O) groups is 1. The number of hydrogen-bond acceptors (Lipinski definition) is 5. The molecule has 0 fully saturated rings. The monoisotopic (exact) mass is 1270 g/mol. The maximum Gasteiger partial charge on any atom is 0.472 e. The lowest BCUT2D eigenvalue weighted by Gasteiger charge is -2.25. The number of likely N-dealkylation sites (N-methyl/N-ethyl adjacent to an activating group) is 1. The molecule has 3 atom stereocenters. The Morgan fingerprint density at radius 1 is 0.382 bits per heavy atom. The summed E-state index contributed by atoms with van der Waals surface area (Å²) in [6, 6.07) is -0.865. The molecule has 0 aromatic carbocycles. The molecule has 0 aliphatic rings. The quantitative estimate of drug-likeness (QED) is 0.0243. The van der Waals surface area contributed by atoms with Gasteiger partial charge in [-0.2, -0.15) is 0 Å². The molecule has 1 amide bonds. The van der Waals surface area contributed by atoms with E-state index in [9.17, 15) is 19.4 Å². The summed E-state index contributed by atoms with van der Waals surface area (Å²) in [6.45, 7) is 4.85. The number of phosphoric ester groups is 1. The molecule has 0 rings (SSSR count). The Labute approximate surface area is 556 Å². The number of unbranched alkanes of at least 4 members (excludes halogenated alkanes) is 55. The molecule has 0 bridgehead atoms. The molecular formula is C80H156N2O6P+. The van der Waals surface area contributed by atoms with Crippen molar-refractivity contribution in [1.82, 2.24) is 5.32 Å². The van der Waals surface area contributed by atoms with Crippen molar-refractivity contribution in [3.8, 4) is 0 Å². The molecule has 0 aromatic rings. The number of phosphoric acid groups is 1. The van der Waals surface area contributed by atoms with E-state index in [1.54, 1.807) is 6.08 Å². The van der Waals surface area contributed by atoms with E-state index in [1.165, 1.54) is 340 Å². The largest absolute Gasteiger partial charge is 0.472 e. The van der Waals surface area contributed by atoms with Gasteiger partial charge >= 0.3 is 7.82 Å². The third-order valence-corrected chi connectivity index (χ3v) is 19.3. The van der Waals surface area contributed by atoms with Gasteiger partial charge in [0, 0.05) is 6.42 Å². The number of aliphatic hydroxyl groups is 1. The van der Waals surface area contributed by atoms with E-state index in [2.05, 4.69) is 55.6 Å². The molecule has 89 heavy (non-hydrogen) atoms. The topological polar surface area (TPSA) is 105 Å². The molecule has 0 spiro atoms. The van der Waals surface area contributed by atoms with Gasteiger partial charge in [0.2, 0.25) is 5.91 Å². The van der Waals surface area contributed by atoms with Crippen molar-refractivity contribution in [3.05, 3.63) is 48.6 Å². The number of carbonyl (C=O) groups excluding carboxylic acids is 1. The van der Waals surface area contributed by atoms with Crippen molar-refractivity contribution in [3.63, 3.8) is 0 Å². The van der Waals surface area contributed by atoms with Crippen molar-refractivity contribution < 1.29 is 32.9 Å². The Kier molecular flexibility index (Phi) is 69.5. The smallest absolute Gasteiger partial charge is 0.387 e. The Hall–Kier alpha value is -1.54. The molecular weight excluding hydrogens is 1120 g/mol. The SMILES string of the molecule is CCCCCCC/C=C\C/C=C\CCCCCCCCCCCCCCCCCCCCCCCCCC(=O)NC(COP(=O)(O)OCC[N+](C)(C)C)C(O)/C=C/CC/C=C/CCCCCCCCCCCCCCCCCCCCCCCCCCCC. The third-order valence-electron chi connectivity index (χ3n) is 18.3. The minimum Gasteiger partial charge on any atom is -0.387 e. The second-order valence-electron chi connectivity index (χ2n) is 28.4. The lowest BCUT2D eigenvalue weighted by molar-refractivity contribution is -0.870. The Morgan fingerprint density at radius 3 is 0.966 bits per heavy atom. The van der Waals surface area contributed by atoms with E-state index in [4.69, 9.17) is 9.05 Å². The van der Waals surface area contributed by atoms with Gasteiger partial charge in [0.1, 0.15) is 13.2 Å². The summed E-state index contributed by atoms with van der Waals surface area (Å²) in [6.07, 6.45) is 97.4. The van der Waals surface area contributed by atoms with Gasteiger partial charge < -0.3 is 19.8 Å². The van der Waals surface area contributed by atoms with Gasteiger partial charge in [-0.3, -0.25) is 13.8 Å². The molecule has 0 heterocycles. The number of nitrogens with zero attached hydrogens (tertiary/aromatic N) is 1. The second-order valence-corrected chi connectivity index (χ2v) is 29.9. The standard InChI is InChI=1S/C80H155N2O6P/c1-6-8-10-12-14-16-18-20-22-24-26-28-30-32-34-36-38-40-41-42-44-46-48-50-52-54-56-58-60-62-64-66-68-70-72-74-80(84)81-78(77-88-89(85,86)87-76-75-82(3,4)5)79(83)73-71-69-67-65-63-61-59-57-55-53-51-49-47-45-43-39-37-35-33-31-29-27-25-23-21-19-17-15-13-11-9-7-2/h18,20,24,26,63,65,71,73,78-79,83H,6-17,19,21-23,25,27-62,64,66-70,72,74-77H2,1-5H3,(H-,81,84,85,86)/p+1/b20-18-,26-24-,65-63+,73-71+. The van der Waals surface area contributed by atoms with Gasteiger partial charge in [-0.25, -0.2) is 4.57 Å². The van der Waals surface area contributed by atoms with Gasteiger partial charge in [-0.15, -0.1) is 0 Å². The summed E-state index contributed by atoms with van der Waals surface area (Å²) in [4.78, 5) is 23.5. The van der Waals surface area contributed by atoms with Gasteiger partial charge in [-0.1, -0.05) is 383 Å². The number of allylic oxidation sites excluding steroid dienone is 7. The van der Waals surface area contributed by atoms with Crippen LogP contribution in [0.2, 0.25) is 0 Å². The number of quaternary nitrogens is 1. The maximum atomic E-state index is 13.1. The van der Waals surface area contributed by atoms with Crippen molar-refractivity contribution in [2.24, 2.45) is 0 Å². The van der Waals surface area contributed by atoms with Crippen LogP contribution in [0.3, 0.4) is 0 Å². The van der Waals surface area contributed by atoms with Crippen molar-refractivity contribution in [2.75, 3.05) is 40.9 Å². The fraction of sp³-hybridized carbons (Fsp3) is 0.887. The van der Waals surface area contributed by atoms with Crippen LogP contribution in [-0.2, 0) is 18.4 Å². The molecule has 0 saturated heterocycles. The van der Waals surface area contributed by atoms with Crippen LogP contribution in [0.4, 0.5) is 0 Å². The van der Waals surface area contributed by atoms with Crippen LogP contribution >= 0.6 is 7.82 Å². The molecule has 3 N–H and O–H groups in total. The van der Waals surface area contributed by atoms with Crippen LogP contribution in [0.1, 0.15) is 406 Å². The minimum absolute atomic E-state index is 0.0577. The summed E-state index contributed by atoms with van der Waals surface area (Å²) in [7, 11) is 1.57. The Bertz CT molecular complexity index is 1590. The van der Waals surface area contributed by atoms with Crippen LogP contribution in [0, 0.1) is 0 Å². The van der Waals surface area contributed by atoms with E-state index in [1.807, 2.05) is 27.2 Å². The minimum atomic E-state index is -4.36. The summed E-state index contributed by atoms with van der Waals surface area (Å²) >= 11 is 0. The normalized spacial score (nSPS) is 13.7. The van der Waals surface area contributed by atoms with Gasteiger partial charge in [0.25, 0.3) is 0 Å². The molecule has 0 aliphatic heterocycles. The molecule has 0 aromatic heterocycles. The van der Waals surface area contributed by atoms with Gasteiger partial charge in [0.05, 0.1) is 39.9 Å². The average molecular weight is 1270 g/mol. The first-order valence-electron chi connectivity index (χ1n) is 39.5. The molecule has 526 valence electrons. The molecule has 8 nitrogen and oxygen atoms in total. The van der Waals surface area contributed by atoms with Crippen LogP contribution in [0.25, 0.3) is 0 Å². The fourth-order valence-corrected chi connectivity index (χ4v) is 12.9. The molecule has 0 saturated carbocycles. The first kappa shape index (κ1) is 87.5. The van der Waals surface area contributed by atoms with Crippen molar-refractivity contribution in [2.45, 2.75) is 418 Å². The highest BCUT2D eigenvalue weighted by atomic mass is 31.2. The molecule has 0 radical (unpaired) electrons. The summed E-state index contributed by atoms with van der Waals surface area (Å²) in [5.41, 5.74) is 0. The van der Waals surface area contributed by atoms with Crippen molar-refractivity contribution >= 4 is 13.7 Å². The zero-order valence-corrected chi connectivity index (χ0v) is 61.3. The molecule has 3 unspecified atom stereocenters. The first-order chi connectivity index (χ1) is 43.5. The van der Waals surface area contributed by atoms with Crippen LogP contribution in [0.15, 0.2) is 48.6 Å².